The van der Waals surface area contributed by atoms with Gasteiger partial charge in [-0.1, -0.05) is 48.5 Å². The van der Waals surface area contributed by atoms with Gasteiger partial charge in [0.1, 0.15) is 5.66 Å². The predicted octanol–water partition coefficient (Wildman–Crippen LogP) is 5.66. The highest BCUT2D eigenvalue weighted by Gasteiger charge is 2.38. The number of benzene rings is 2. The van der Waals surface area contributed by atoms with E-state index in [2.05, 4.69) is 26.0 Å². The summed E-state index contributed by atoms with van der Waals surface area (Å²) in [6, 6.07) is 16.0. The zero-order valence-electron chi connectivity index (χ0n) is 14.3. The molecule has 0 aliphatic carbocycles. The zero-order valence-corrected chi connectivity index (χ0v) is 15.2. The third kappa shape index (κ3) is 4.11. The van der Waals surface area contributed by atoms with E-state index >= 15 is 0 Å². The van der Waals surface area contributed by atoms with E-state index < -0.39 is 13.3 Å². The quantitative estimate of drug-likeness (QED) is 0.614. The molecule has 4 heteroatoms. The minimum atomic E-state index is -3.31. The number of hydrogen-bond acceptors (Lipinski definition) is 3. The van der Waals surface area contributed by atoms with Crippen LogP contribution in [0, 0.1) is 13.8 Å². The van der Waals surface area contributed by atoms with Gasteiger partial charge in [0.2, 0.25) is 0 Å². The van der Waals surface area contributed by atoms with Crippen molar-refractivity contribution in [2.24, 2.45) is 0 Å². The molecule has 23 heavy (non-hydrogen) atoms. The maximum atomic E-state index is 13.5. The molecule has 0 saturated carbocycles. The van der Waals surface area contributed by atoms with E-state index in [-0.39, 0.29) is 0 Å². The first-order valence-corrected chi connectivity index (χ1v) is 9.64. The van der Waals surface area contributed by atoms with Crippen molar-refractivity contribution in [2.75, 3.05) is 13.2 Å². The minimum Gasteiger partial charge on any atom is -0.308 e. The molecule has 0 aliphatic rings. The molecule has 0 fully saturated rings. The Balaban J connectivity index is 2.59. The van der Waals surface area contributed by atoms with Crippen molar-refractivity contribution in [1.29, 1.82) is 0 Å². The third-order valence-electron chi connectivity index (χ3n) is 3.90. The van der Waals surface area contributed by atoms with Crippen LogP contribution in [0.5, 0.6) is 0 Å². The van der Waals surface area contributed by atoms with Gasteiger partial charge < -0.3 is 9.05 Å². The first-order valence-electron chi connectivity index (χ1n) is 8.02. The molecule has 0 bridgehead atoms. The molecule has 1 unspecified atom stereocenters. The summed E-state index contributed by atoms with van der Waals surface area (Å²) in [5.74, 6) is 0. The van der Waals surface area contributed by atoms with Crippen LogP contribution in [-0.4, -0.2) is 13.2 Å². The predicted molar refractivity (Wildman–Crippen MR) is 95.1 cm³/mol. The van der Waals surface area contributed by atoms with Crippen LogP contribution < -0.4 is 0 Å². The lowest BCUT2D eigenvalue weighted by atomic mass is 10.00. The Kier molecular flexibility index (Phi) is 6.17. The number of rotatable bonds is 7. The summed E-state index contributed by atoms with van der Waals surface area (Å²) in [5.41, 5.74) is 3.87. The Labute approximate surface area is 139 Å². The first kappa shape index (κ1) is 17.9. The van der Waals surface area contributed by atoms with Crippen molar-refractivity contribution in [3.8, 4) is 0 Å². The second-order valence-corrected chi connectivity index (χ2v) is 7.64. The van der Waals surface area contributed by atoms with Crippen molar-refractivity contribution >= 4 is 7.60 Å². The summed E-state index contributed by atoms with van der Waals surface area (Å²) in [4.78, 5) is 0. The molecule has 0 aliphatic heterocycles. The van der Waals surface area contributed by atoms with Gasteiger partial charge in [0.05, 0.1) is 13.2 Å². The van der Waals surface area contributed by atoms with Crippen molar-refractivity contribution in [3.63, 3.8) is 0 Å². The molecule has 124 valence electrons. The van der Waals surface area contributed by atoms with Crippen molar-refractivity contribution in [1.82, 2.24) is 0 Å². The molecule has 0 N–H and O–H groups in total. The zero-order chi connectivity index (χ0) is 16.9. The van der Waals surface area contributed by atoms with Crippen molar-refractivity contribution < 1.29 is 13.6 Å². The Morgan fingerprint density at radius 3 is 2.00 bits per heavy atom. The van der Waals surface area contributed by atoms with Crippen LogP contribution in [-0.2, 0) is 13.6 Å². The molecule has 0 radical (unpaired) electrons. The largest absolute Gasteiger partial charge is 0.342 e. The summed E-state index contributed by atoms with van der Waals surface area (Å²) in [6.07, 6.45) is 0. The Morgan fingerprint density at radius 1 is 0.870 bits per heavy atom. The highest BCUT2D eigenvalue weighted by Crippen LogP contribution is 2.63. The average molecular weight is 332 g/mol. The third-order valence-corrected chi connectivity index (χ3v) is 6.36. The molecular formula is C19H25O3P. The van der Waals surface area contributed by atoms with Gasteiger partial charge in [0.15, 0.2) is 0 Å². The van der Waals surface area contributed by atoms with Gasteiger partial charge in [0, 0.05) is 0 Å². The lowest BCUT2D eigenvalue weighted by Crippen LogP contribution is -2.09. The number of hydrogen-bond donors (Lipinski definition) is 0. The van der Waals surface area contributed by atoms with Crippen LogP contribution in [0.25, 0.3) is 0 Å². The lowest BCUT2D eigenvalue weighted by Gasteiger charge is -2.27. The maximum absolute atomic E-state index is 13.5. The van der Waals surface area contributed by atoms with Gasteiger partial charge in [-0.25, -0.2) is 0 Å². The standard InChI is InChI=1S/C19H25O3P/c1-5-21-23(20,22-6-2)19(17-10-8-7-9-11-17)18-13-12-15(3)16(4)14-18/h7-14,19H,5-6H2,1-4H3. The van der Waals surface area contributed by atoms with Crippen LogP contribution in [0.15, 0.2) is 48.5 Å². The Bertz CT molecular complexity index is 672. The fourth-order valence-electron chi connectivity index (χ4n) is 2.67. The number of aryl methyl sites for hydroxylation is 2. The van der Waals surface area contributed by atoms with E-state index in [1.165, 1.54) is 11.1 Å². The first-order chi connectivity index (χ1) is 11.0. The summed E-state index contributed by atoms with van der Waals surface area (Å²) < 4.78 is 24.8. The smallest absolute Gasteiger partial charge is 0.308 e. The van der Waals surface area contributed by atoms with Gasteiger partial charge >= 0.3 is 7.60 Å². The van der Waals surface area contributed by atoms with Crippen LogP contribution in [0.3, 0.4) is 0 Å². The molecule has 1 atom stereocenters. The summed E-state index contributed by atoms with van der Waals surface area (Å²) in [6.45, 7) is 8.52. The van der Waals surface area contributed by atoms with Gasteiger partial charge in [-0.05, 0) is 49.9 Å². The van der Waals surface area contributed by atoms with E-state index in [0.29, 0.717) is 13.2 Å². The van der Waals surface area contributed by atoms with Gasteiger partial charge in [-0.15, -0.1) is 0 Å². The SMILES string of the molecule is CCOP(=O)(OCC)C(c1ccccc1)c1ccc(C)c(C)c1. The van der Waals surface area contributed by atoms with E-state index in [1.54, 1.807) is 0 Å². The van der Waals surface area contributed by atoms with Gasteiger partial charge in [0.25, 0.3) is 0 Å². The van der Waals surface area contributed by atoms with Crippen LogP contribution in [0.1, 0.15) is 41.8 Å². The molecule has 3 nitrogen and oxygen atoms in total. The summed E-state index contributed by atoms with van der Waals surface area (Å²) in [7, 11) is -3.31. The van der Waals surface area contributed by atoms with Crippen LogP contribution in [0.4, 0.5) is 0 Å². The second kappa shape index (κ2) is 7.92. The van der Waals surface area contributed by atoms with E-state index in [9.17, 15) is 4.57 Å². The van der Waals surface area contributed by atoms with Crippen molar-refractivity contribution in [2.45, 2.75) is 33.4 Å². The highest BCUT2D eigenvalue weighted by atomic mass is 31.2. The van der Waals surface area contributed by atoms with E-state index in [4.69, 9.17) is 9.05 Å². The van der Waals surface area contributed by atoms with Crippen LogP contribution >= 0.6 is 7.60 Å². The molecular weight excluding hydrogens is 307 g/mol. The Hall–Kier alpha value is -1.41. The molecule has 0 heterocycles. The van der Waals surface area contributed by atoms with Gasteiger partial charge in [-0.2, -0.15) is 0 Å². The normalized spacial score (nSPS) is 13.0. The lowest BCUT2D eigenvalue weighted by molar-refractivity contribution is 0.215. The molecule has 0 amide bonds. The molecule has 0 spiro atoms. The van der Waals surface area contributed by atoms with Gasteiger partial charge in [-0.3, -0.25) is 4.57 Å². The monoisotopic (exact) mass is 332 g/mol. The molecule has 2 rings (SSSR count). The van der Waals surface area contributed by atoms with Crippen molar-refractivity contribution in [3.05, 3.63) is 70.8 Å². The fraction of sp³-hybridized carbons (Fsp3) is 0.368. The molecule has 2 aromatic carbocycles. The Morgan fingerprint density at radius 2 is 1.48 bits per heavy atom. The molecule has 0 saturated heterocycles. The van der Waals surface area contributed by atoms with E-state index in [0.717, 1.165) is 11.1 Å². The molecule has 2 aromatic rings. The topological polar surface area (TPSA) is 35.5 Å². The second-order valence-electron chi connectivity index (χ2n) is 5.53. The fourth-order valence-corrected chi connectivity index (χ4v) is 4.83. The summed E-state index contributed by atoms with van der Waals surface area (Å²) in [5, 5.41) is 0. The van der Waals surface area contributed by atoms with Crippen LogP contribution in [0.2, 0.25) is 0 Å². The average Bonchev–Trinajstić information content (AvgIpc) is 2.52. The van der Waals surface area contributed by atoms with E-state index in [1.807, 2.05) is 50.2 Å². The maximum Gasteiger partial charge on any atom is 0.342 e. The highest BCUT2D eigenvalue weighted by molar-refractivity contribution is 7.54. The summed E-state index contributed by atoms with van der Waals surface area (Å²) >= 11 is 0. The minimum absolute atomic E-state index is 0.353. The molecule has 0 aromatic heterocycles.